The van der Waals surface area contributed by atoms with E-state index in [9.17, 15) is 5.11 Å². The van der Waals surface area contributed by atoms with E-state index in [1.807, 2.05) is 18.2 Å². The fraction of sp³-hybridized carbons (Fsp3) is 0.625. The zero-order valence-electron chi connectivity index (χ0n) is 12.2. The second kappa shape index (κ2) is 5.26. The van der Waals surface area contributed by atoms with Crippen LogP contribution in [-0.4, -0.2) is 25.0 Å². The highest BCUT2D eigenvalue weighted by atomic mass is 16.7. The van der Waals surface area contributed by atoms with E-state index in [1.54, 1.807) is 0 Å². The lowest BCUT2D eigenvalue weighted by Gasteiger charge is -2.21. The molecule has 0 spiro atoms. The van der Waals surface area contributed by atoms with Crippen LogP contribution in [0.4, 0.5) is 0 Å². The molecule has 1 saturated carbocycles. The second-order valence-electron chi connectivity index (χ2n) is 6.28. The minimum absolute atomic E-state index is 0.268. The molecule has 1 fully saturated rings. The van der Waals surface area contributed by atoms with Gasteiger partial charge in [0.05, 0.1) is 6.10 Å². The van der Waals surface area contributed by atoms with Crippen LogP contribution in [0, 0.1) is 11.3 Å². The summed E-state index contributed by atoms with van der Waals surface area (Å²) in [6, 6.07) is 5.62. The molecule has 3 rings (SSSR count). The number of aliphatic hydroxyl groups is 1. The minimum Gasteiger partial charge on any atom is -0.454 e. The number of nitrogens with one attached hydrogen (secondary N) is 1. The third-order valence-electron chi connectivity index (χ3n) is 4.71. The SMILES string of the molecule is CC(C)C1(CNCC(O)c2ccc3c(c2)OCO3)CC1. The maximum Gasteiger partial charge on any atom is 0.231 e. The molecular weight excluding hydrogens is 254 g/mol. The van der Waals surface area contributed by atoms with Crippen molar-refractivity contribution < 1.29 is 14.6 Å². The summed E-state index contributed by atoms with van der Waals surface area (Å²) >= 11 is 0. The van der Waals surface area contributed by atoms with Gasteiger partial charge in [-0.25, -0.2) is 0 Å². The maximum absolute atomic E-state index is 10.2. The standard InChI is InChI=1S/C16H23NO3/c1-11(2)16(5-6-16)9-17-8-13(18)12-3-4-14-15(7-12)20-10-19-14/h3-4,7,11,13,17-18H,5-6,8-10H2,1-2H3. The molecule has 20 heavy (non-hydrogen) atoms. The highest BCUT2D eigenvalue weighted by Gasteiger charge is 2.44. The molecule has 0 amide bonds. The summed E-state index contributed by atoms with van der Waals surface area (Å²) < 4.78 is 10.6. The van der Waals surface area contributed by atoms with Crippen LogP contribution in [0.25, 0.3) is 0 Å². The summed E-state index contributed by atoms with van der Waals surface area (Å²) in [5.74, 6) is 2.19. The van der Waals surface area contributed by atoms with Gasteiger partial charge in [0.2, 0.25) is 6.79 Å². The number of hydrogen-bond acceptors (Lipinski definition) is 4. The Balaban J connectivity index is 1.53. The van der Waals surface area contributed by atoms with E-state index in [-0.39, 0.29) is 6.79 Å². The van der Waals surface area contributed by atoms with Crippen LogP contribution < -0.4 is 14.8 Å². The average Bonchev–Trinajstić information content (AvgIpc) is 3.08. The van der Waals surface area contributed by atoms with Crippen molar-refractivity contribution in [3.63, 3.8) is 0 Å². The van der Waals surface area contributed by atoms with Crippen LogP contribution in [-0.2, 0) is 0 Å². The van der Waals surface area contributed by atoms with Crippen LogP contribution in [0.1, 0.15) is 38.4 Å². The van der Waals surface area contributed by atoms with Crippen molar-refractivity contribution in [1.29, 1.82) is 0 Å². The van der Waals surface area contributed by atoms with Gasteiger partial charge in [-0.3, -0.25) is 0 Å². The van der Waals surface area contributed by atoms with Gasteiger partial charge in [0.25, 0.3) is 0 Å². The lowest BCUT2D eigenvalue weighted by Crippen LogP contribution is -2.30. The molecule has 1 heterocycles. The van der Waals surface area contributed by atoms with Gasteiger partial charge in [-0.05, 0) is 41.9 Å². The molecule has 2 N–H and O–H groups in total. The predicted molar refractivity (Wildman–Crippen MR) is 76.9 cm³/mol. The predicted octanol–water partition coefficient (Wildman–Crippen LogP) is 2.47. The van der Waals surface area contributed by atoms with Crippen molar-refractivity contribution in [2.24, 2.45) is 11.3 Å². The molecule has 1 aliphatic carbocycles. The Kier molecular flexibility index (Phi) is 3.61. The van der Waals surface area contributed by atoms with Gasteiger partial charge in [-0.1, -0.05) is 19.9 Å². The van der Waals surface area contributed by atoms with E-state index in [1.165, 1.54) is 12.8 Å². The van der Waals surface area contributed by atoms with Crippen molar-refractivity contribution in [2.75, 3.05) is 19.9 Å². The first-order chi connectivity index (χ1) is 9.61. The summed E-state index contributed by atoms with van der Waals surface area (Å²) in [5, 5.41) is 13.7. The number of fused-ring (bicyclic) bond motifs is 1. The van der Waals surface area contributed by atoms with Crippen molar-refractivity contribution in [1.82, 2.24) is 5.32 Å². The molecule has 1 aromatic rings. The van der Waals surface area contributed by atoms with Gasteiger partial charge in [-0.15, -0.1) is 0 Å². The van der Waals surface area contributed by atoms with Crippen LogP contribution in [0.3, 0.4) is 0 Å². The quantitative estimate of drug-likeness (QED) is 0.838. The number of hydrogen-bond donors (Lipinski definition) is 2. The largest absolute Gasteiger partial charge is 0.454 e. The molecule has 1 atom stereocenters. The fourth-order valence-corrected chi connectivity index (χ4v) is 2.81. The van der Waals surface area contributed by atoms with Crippen molar-refractivity contribution in [3.8, 4) is 11.5 Å². The van der Waals surface area contributed by atoms with Gasteiger partial charge < -0.3 is 19.9 Å². The first-order valence-electron chi connectivity index (χ1n) is 7.39. The van der Waals surface area contributed by atoms with E-state index in [4.69, 9.17) is 9.47 Å². The molecule has 0 bridgehead atoms. The Morgan fingerprint density at radius 2 is 2.00 bits per heavy atom. The zero-order valence-corrected chi connectivity index (χ0v) is 12.2. The van der Waals surface area contributed by atoms with Gasteiger partial charge in [-0.2, -0.15) is 0 Å². The first-order valence-corrected chi connectivity index (χ1v) is 7.39. The second-order valence-corrected chi connectivity index (χ2v) is 6.28. The van der Waals surface area contributed by atoms with Crippen LogP contribution in [0.15, 0.2) is 18.2 Å². The van der Waals surface area contributed by atoms with E-state index in [0.29, 0.717) is 17.9 Å². The van der Waals surface area contributed by atoms with Crippen molar-refractivity contribution in [2.45, 2.75) is 32.8 Å². The average molecular weight is 277 g/mol. The Morgan fingerprint density at radius 3 is 2.70 bits per heavy atom. The first kappa shape index (κ1) is 13.7. The molecule has 1 unspecified atom stereocenters. The summed E-state index contributed by atoms with van der Waals surface area (Å²) in [6.45, 7) is 6.40. The van der Waals surface area contributed by atoms with Gasteiger partial charge in [0.1, 0.15) is 0 Å². The minimum atomic E-state index is -0.507. The van der Waals surface area contributed by atoms with Gasteiger partial charge >= 0.3 is 0 Å². The Labute approximate surface area is 120 Å². The molecule has 1 aliphatic heterocycles. The number of benzene rings is 1. The highest BCUT2D eigenvalue weighted by molar-refractivity contribution is 5.45. The number of aliphatic hydroxyl groups excluding tert-OH is 1. The third kappa shape index (κ3) is 2.63. The summed E-state index contributed by atoms with van der Waals surface area (Å²) in [5.41, 5.74) is 1.34. The monoisotopic (exact) mass is 277 g/mol. The van der Waals surface area contributed by atoms with Crippen LogP contribution in [0.2, 0.25) is 0 Å². The Morgan fingerprint density at radius 1 is 1.25 bits per heavy atom. The summed E-state index contributed by atoms with van der Waals surface area (Å²) in [4.78, 5) is 0. The fourth-order valence-electron chi connectivity index (χ4n) is 2.81. The molecule has 4 nitrogen and oxygen atoms in total. The van der Waals surface area contributed by atoms with Crippen molar-refractivity contribution in [3.05, 3.63) is 23.8 Å². The van der Waals surface area contributed by atoms with E-state index in [2.05, 4.69) is 19.2 Å². The summed E-state index contributed by atoms with van der Waals surface area (Å²) in [6.07, 6.45) is 2.10. The van der Waals surface area contributed by atoms with Gasteiger partial charge in [0, 0.05) is 13.1 Å². The van der Waals surface area contributed by atoms with Crippen molar-refractivity contribution >= 4 is 0 Å². The molecule has 110 valence electrons. The number of ether oxygens (including phenoxy) is 2. The number of rotatable bonds is 6. The van der Waals surface area contributed by atoms with Crippen LogP contribution in [0.5, 0.6) is 11.5 Å². The molecule has 0 saturated heterocycles. The van der Waals surface area contributed by atoms with E-state index in [0.717, 1.165) is 23.6 Å². The molecule has 0 aromatic heterocycles. The Bertz CT molecular complexity index is 483. The molecule has 1 aromatic carbocycles. The van der Waals surface area contributed by atoms with Crippen LogP contribution >= 0.6 is 0 Å². The molecular formula is C16H23NO3. The molecule has 4 heteroatoms. The van der Waals surface area contributed by atoms with Gasteiger partial charge in [0.15, 0.2) is 11.5 Å². The topological polar surface area (TPSA) is 50.7 Å². The van der Waals surface area contributed by atoms with E-state index < -0.39 is 6.10 Å². The smallest absolute Gasteiger partial charge is 0.231 e. The lowest BCUT2D eigenvalue weighted by atomic mass is 9.92. The zero-order chi connectivity index (χ0) is 14.2. The third-order valence-corrected chi connectivity index (χ3v) is 4.71. The normalized spacial score (nSPS) is 20.2. The Hall–Kier alpha value is -1.26. The summed E-state index contributed by atoms with van der Waals surface area (Å²) in [7, 11) is 0. The maximum atomic E-state index is 10.2. The highest BCUT2D eigenvalue weighted by Crippen LogP contribution is 2.51. The molecule has 0 radical (unpaired) electrons. The lowest BCUT2D eigenvalue weighted by molar-refractivity contribution is 0.167. The molecule has 2 aliphatic rings. The van der Waals surface area contributed by atoms with E-state index >= 15 is 0 Å².